The predicted molar refractivity (Wildman–Crippen MR) is 77.9 cm³/mol. The summed E-state index contributed by atoms with van der Waals surface area (Å²) in [6.45, 7) is 2.02. The summed E-state index contributed by atoms with van der Waals surface area (Å²) in [7, 11) is 2.14. The van der Waals surface area contributed by atoms with E-state index in [-0.39, 0.29) is 0 Å². The first-order valence-electron chi connectivity index (χ1n) is 6.51. The van der Waals surface area contributed by atoms with Crippen LogP contribution in [0.25, 0.3) is 0 Å². The van der Waals surface area contributed by atoms with Gasteiger partial charge in [-0.05, 0) is 31.9 Å². The van der Waals surface area contributed by atoms with Gasteiger partial charge in [0.2, 0.25) is 0 Å². The molecule has 2 fully saturated rings. The van der Waals surface area contributed by atoms with Crippen molar-refractivity contribution in [2.24, 2.45) is 0 Å². The van der Waals surface area contributed by atoms with Crippen molar-refractivity contribution in [1.82, 2.24) is 9.97 Å². The molecule has 3 rings (SSSR count). The maximum Gasteiger partial charge on any atom is 0.137 e. The Labute approximate surface area is 117 Å². The van der Waals surface area contributed by atoms with Crippen LogP contribution in [-0.4, -0.2) is 34.6 Å². The molecule has 1 aromatic rings. The SMILES string of the molecule is Cc1c(Cl)nc(C2CC2)nc1N(C)C1CCSC1. The van der Waals surface area contributed by atoms with Crippen molar-refractivity contribution in [2.45, 2.75) is 38.1 Å². The molecule has 1 aliphatic heterocycles. The zero-order valence-corrected chi connectivity index (χ0v) is 12.4. The highest BCUT2D eigenvalue weighted by atomic mass is 35.5. The van der Waals surface area contributed by atoms with Gasteiger partial charge in [-0.25, -0.2) is 9.97 Å². The number of thioether (sulfide) groups is 1. The third-order valence-electron chi connectivity index (χ3n) is 3.81. The lowest BCUT2D eigenvalue weighted by molar-refractivity contribution is 0.684. The number of anilines is 1. The summed E-state index contributed by atoms with van der Waals surface area (Å²) < 4.78 is 0. The predicted octanol–water partition coefficient (Wildman–Crippen LogP) is 3.26. The van der Waals surface area contributed by atoms with E-state index in [1.54, 1.807) is 0 Å². The number of nitrogens with zero attached hydrogens (tertiary/aromatic N) is 3. The second-order valence-electron chi connectivity index (χ2n) is 5.22. The molecule has 0 N–H and O–H groups in total. The van der Waals surface area contributed by atoms with Crippen LogP contribution in [0.1, 0.15) is 36.6 Å². The van der Waals surface area contributed by atoms with Gasteiger partial charge < -0.3 is 4.90 Å². The van der Waals surface area contributed by atoms with Crippen molar-refractivity contribution < 1.29 is 0 Å². The molecule has 1 atom stereocenters. The molecule has 1 unspecified atom stereocenters. The van der Waals surface area contributed by atoms with E-state index >= 15 is 0 Å². The van der Waals surface area contributed by atoms with Gasteiger partial charge in [0, 0.05) is 30.3 Å². The van der Waals surface area contributed by atoms with Crippen LogP contribution < -0.4 is 4.90 Å². The van der Waals surface area contributed by atoms with E-state index < -0.39 is 0 Å². The Morgan fingerprint density at radius 1 is 1.28 bits per heavy atom. The van der Waals surface area contributed by atoms with Gasteiger partial charge >= 0.3 is 0 Å². The average Bonchev–Trinajstić information content (AvgIpc) is 3.06. The summed E-state index contributed by atoms with van der Waals surface area (Å²) in [5, 5.41) is 0.624. The van der Waals surface area contributed by atoms with Gasteiger partial charge in [-0.1, -0.05) is 11.6 Å². The Morgan fingerprint density at radius 3 is 2.67 bits per heavy atom. The van der Waals surface area contributed by atoms with Crippen molar-refractivity contribution in [3.63, 3.8) is 0 Å². The molecule has 18 heavy (non-hydrogen) atoms. The Kier molecular flexibility index (Phi) is 3.41. The highest BCUT2D eigenvalue weighted by Crippen LogP contribution is 2.40. The number of aromatic nitrogens is 2. The van der Waals surface area contributed by atoms with Crippen LogP contribution in [0.2, 0.25) is 5.15 Å². The Balaban J connectivity index is 1.93. The molecule has 2 aliphatic rings. The lowest BCUT2D eigenvalue weighted by Crippen LogP contribution is -2.33. The summed E-state index contributed by atoms with van der Waals surface area (Å²) in [5.41, 5.74) is 1.01. The van der Waals surface area contributed by atoms with Gasteiger partial charge in [-0.15, -0.1) is 0 Å². The maximum atomic E-state index is 6.26. The summed E-state index contributed by atoms with van der Waals surface area (Å²) in [6, 6.07) is 0.590. The van der Waals surface area contributed by atoms with Gasteiger partial charge in [0.25, 0.3) is 0 Å². The molecule has 0 radical (unpaired) electrons. The monoisotopic (exact) mass is 283 g/mol. The minimum Gasteiger partial charge on any atom is -0.355 e. The van der Waals surface area contributed by atoms with Gasteiger partial charge in [-0.2, -0.15) is 11.8 Å². The van der Waals surface area contributed by atoms with E-state index in [1.807, 2.05) is 18.7 Å². The van der Waals surface area contributed by atoms with Crippen LogP contribution in [0.5, 0.6) is 0 Å². The molecule has 1 saturated carbocycles. The van der Waals surface area contributed by atoms with Crippen LogP contribution in [0, 0.1) is 6.92 Å². The van der Waals surface area contributed by atoms with Crippen LogP contribution >= 0.6 is 23.4 Å². The highest BCUT2D eigenvalue weighted by Gasteiger charge is 2.30. The quantitative estimate of drug-likeness (QED) is 0.796. The lowest BCUT2D eigenvalue weighted by Gasteiger charge is -2.27. The fraction of sp³-hybridized carbons (Fsp3) is 0.692. The second-order valence-corrected chi connectivity index (χ2v) is 6.73. The van der Waals surface area contributed by atoms with E-state index in [9.17, 15) is 0 Å². The van der Waals surface area contributed by atoms with Crippen LogP contribution in [0.4, 0.5) is 5.82 Å². The maximum absolute atomic E-state index is 6.26. The largest absolute Gasteiger partial charge is 0.355 e. The summed E-state index contributed by atoms with van der Waals surface area (Å²) >= 11 is 8.28. The molecule has 0 aromatic carbocycles. The van der Waals surface area contributed by atoms with Crippen molar-refractivity contribution in [3.05, 3.63) is 16.5 Å². The molecule has 0 amide bonds. The number of halogens is 1. The highest BCUT2D eigenvalue weighted by molar-refractivity contribution is 7.99. The molecule has 1 aromatic heterocycles. The molecule has 1 saturated heterocycles. The number of hydrogen-bond acceptors (Lipinski definition) is 4. The van der Waals surface area contributed by atoms with Crippen LogP contribution in [-0.2, 0) is 0 Å². The smallest absolute Gasteiger partial charge is 0.137 e. The first-order chi connectivity index (χ1) is 8.66. The molecular weight excluding hydrogens is 266 g/mol. The van der Waals surface area contributed by atoms with Crippen molar-refractivity contribution >= 4 is 29.2 Å². The molecule has 2 heterocycles. The van der Waals surface area contributed by atoms with Crippen LogP contribution in [0.15, 0.2) is 0 Å². The topological polar surface area (TPSA) is 29.0 Å². The first-order valence-corrected chi connectivity index (χ1v) is 8.04. The first kappa shape index (κ1) is 12.5. The molecule has 1 aliphatic carbocycles. The number of rotatable bonds is 3. The van der Waals surface area contributed by atoms with Crippen molar-refractivity contribution in [1.29, 1.82) is 0 Å². The standard InChI is InChI=1S/C13H18ClN3S/c1-8-11(14)15-12(9-3-4-9)16-13(8)17(2)10-5-6-18-7-10/h9-10H,3-7H2,1-2H3. The third-order valence-corrected chi connectivity index (χ3v) is 5.32. The van der Waals surface area contributed by atoms with Gasteiger partial charge in [-0.3, -0.25) is 0 Å². The molecule has 5 heteroatoms. The van der Waals surface area contributed by atoms with Gasteiger partial charge in [0.05, 0.1) is 0 Å². The van der Waals surface area contributed by atoms with Gasteiger partial charge in [0.15, 0.2) is 0 Å². The van der Waals surface area contributed by atoms with E-state index in [0.29, 0.717) is 17.1 Å². The zero-order valence-electron chi connectivity index (χ0n) is 10.8. The molecule has 0 bridgehead atoms. The minimum atomic E-state index is 0.549. The van der Waals surface area contributed by atoms with E-state index in [0.717, 1.165) is 17.2 Å². The van der Waals surface area contributed by atoms with Crippen molar-refractivity contribution in [3.8, 4) is 0 Å². The van der Waals surface area contributed by atoms with Gasteiger partial charge in [0.1, 0.15) is 16.8 Å². The van der Waals surface area contributed by atoms with Crippen molar-refractivity contribution in [2.75, 3.05) is 23.5 Å². The normalized spacial score (nSPS) is 23.4. The second kappa shape index (κ2) is 4.89. The number of hydrogen-bond donors (Lipinski definition) is 0. The van der Waals surface area contributed by atoms with Crippen LogP contribution in [0.3, 0.4) is 0 Å². The molecule has 3 nitrogen and oxygen atoms in total. The summed E-state index contributed by atoms with van der Waals surface area (Å²) in [6.07, 6.45) is 3.66. The lowest BCUT2D eigenvalue weighted by atomic mass is 10.2. The summed E-state index contributed by atoms with van der Waals surface area (Å²) in [5.74, 6) is 4.97. The Hall–Kier alpha value is -0.480. The Morgan fingerprint density at radius 2 is 2.06 bits per heavy atom. The third kappa shape index (κ3) is 2.32. The average molecular weight is 284 g/mol. The van der Waals surface area contributed by atoms with E-state index in [1.165, 1.54) is 30.8 Å². The molecular formula is C13H18ClN3S. The van der Waals surface area contributed by atoms with E-state index in [2.05, 4.69) is 16.9 Å². The Bertz CT molecular complexity index is 456. The summed E-state index contributed by atoms with van der Waals surface area (Å²) in [4.78, 5) is 11.5. The minimum absolute atomic E-state index is 0.549. The molecule has 98 valence electrons. The fourth-order valence-electron chi connectivity index (χ4n) is 2.36. The zero-order chi connectivity index (χ0) is 12.7. The fourth-order valence-corrected chi connectivity index (χ4v) is 3.80. The van der Waals surface area contributed by atoms with E-state index in [4.69, 9.17) is 16.6 Å². The molecule has 0 spiro atoms.